The van der Waals surface area contributed by atoms with E-state index in [1.54, 1.807) is 36.8 Å². The van der Waals surface area contributed by atoms with E-state index < -0.39 is 0 Å². The minimum Gasteiger partial charge on any atom is -0.493 e. The van der Waals surface area contributed by atoms with E-state index in [2.05, 4.69) is 10.3 Å². The van der Waals surface area contributed by atoms with Gasteiger partial charge in [0, 0.05) is 23.3 Å². The van der Waals surface area contributed by atoms with Gasteiger partial charge in [-0.05, 0) is 19.1 Å². The molecule has 0 spiro atoms. The zero-order chi connectivity index (χ0) is 15.7. The minimum atomic E-state index is -0.212. The smallest absolute Gasteiger partial charge is 0.274 e. The molecule has 0 saturated heterocycles. The second-order valence-corrected chi connectivity index (χ2v) is 5.50. The summed E-state index contributed by atoms with van der Waals surface area (Å²) in [6, 6.07) is 5.23. The number of anilines is 1. The van der Waals surface area contributed by atoms with Gasteiger partial charge in [-0.3, -0.25) is 9.20 Å². The number of nitrogens with zero attached hydrogens (tertiary/aromatic N) is 2. The summed E-state index contributed by atoms with van der Waals surface area (Å²) in [6.45, 7) is 1.82. The molecule has 6 nitrogen and oxygen atoms in total. The van der Waals surface area contributed by atoms with Crippen LogP contribution in [0.15, 0.2) is 29.8 Å². The van der Waals surface area contributed by atoms with E-state index >= 15 is 0 Å². The number of benzene rings is 1. The lowest BCUT2D eigenvalue weighted by molar-refractivity contribution is 0.102. The first-order valence-electron chi connectivity index (χ1n) is 6.59. The molecule has 0 bridgehead atoms. The van der Waals surface area contributed by atoms with Crippen molar-refractivity contribution in [1.29, 1.82) is 0 Å². The number of fused-ring (bicyclic) bond motifs is 1. The monoisotopic (exact) mass is 317 g/mol. The standard InChI is InChI=1S/C15H15N3O3S/c1-9-13(18-6-7-22-15(18)16-9)14(19)17-10-4-5-11(20-2)12(8-10)21-3/h4-8H,1-3H3,(H,17,19). The Bertz CT molecular complexity index is 838. The van der Waals surface area contributed by atoms with Crippen molar-refractivity contribution in [2.45, 2.75) is 6.92 Å². The zero-order valence-corrected chi connectivity index (χ0v) is 13.2. The molecule has 3 rings (SSSR count). The van der Waals surface area contributed by atoms with E-state index in [4.69, 9.17) is 9.47 Å². The largest absolute Gasteiger partial charge is 0.493 e. The summed E-state index contributed by atoms with van der Waals surface area (Å²) < 4.78 is 12.2. The van der Waals surface area contributed by atoms with Gasteiger partial charge in [-0.2, -0.15) is 0 Å². The predicted molar refractivity (Wildman–Crippen MR) is 85.3 cm³/mol. The lowest BCUT2D eigenvalue weighted by Crippen LogP contribution is -2.15. The van der Waals surface area contributed by atoms with Crippen molar-refractivity contribution in [3.63, 3.8) is 0 Å². The van der Waals surface area contributed by atoms with Crippen molar-refractivity contribution < 1.29 is 14.3 Å². The van der Waals surface area contributed by atoms with Crippen LogP contribution in [0.5, 0.6) is 11.5 Å². The van der Waals surface area contributed by atoms with Gasteiger partial charge in [0.05, 0.1) is 19.9 Å². The number of rotatable bonds is 4. The maximum Gasteiger partial charge on any atom is 0.274 e. The van der Waals surface area contributed by atoms with Crippen molar-refractivity contribution in [3.05, 3.63) is 41.2 Å². The lowest BCUT2D eigenvalue weighted by Gasteiger charge is -2.10. The fourth-order valence-electron chi connectivity index (χ4n) is 2.27. The summed E-state index contributed by atoms with van der Waals surface area (Å²) in [7, 11) is 3.12. The molecule has 0 saturated carbocycles. The average Bonchev–Trinajstić information content (AvgIpc) is 3.06. The molecule has 1 amide bonds. The van der Waals surface area contributed by atoms with E-state index in [1.165, 1.54) is 11.3 Å². The van der Waals surface area contributed by atoms with Crippen LogP contribution in [0.25, 0.3) is 4.96 Å². The van der Waals surface area contributed by atoms with Gasteiger partial charge in [0.15, 0.2) is 16.5 Å². The molecule has 0 aliphatic carbocycles. The van der Waals surface area contributed by atoms with Gasteiger partial charge in [0.2, 0.25) is 0 Å². The molecule has 1 aromatic carbocycles. The van der Waals surface area contributed by atoms with Crippen molar-refractivity contribution >= 4 is 27.9 Å². The van der Waals surface area contributed by atoms with Gasteiger partial charge < -0.3 is 14.8 Å². The number of carbonyl (C=O) groups is 1. The maximum atomic E-state index is 12.5. The Kier molecular flexibility index (Phi) is 3.72. The Morgan fingerprint density at radius 3 is 2.77 bits per heavy atom. The number of aromatic nitrogens is 2. The van der Waals surface area contributed by atoms with Gasteiger partial charge in [0.25, 0.3) is 5.91 Å². The molecule has 7 heteroatoms. The van der Waals surface area contributed by atoms with Crippen LogP contribution in [0.4, 0.5) is 5.69 Å². The summed E-state index contributed by atoms with van der Waals surface area (Å²) in [5.74, 6) is 0.961. The van der Waals surface area contributed by atoms with Crippen LogP contribution in [0.1, 0.15) is 16.2 Å². The molecule has 22 heavy (non-hydrogen) atoms. The summed E-state index contributed by atoms with van der Waals surface area (Å²) in [5.41, 5.74) is 1.86. The van der Waals surface area contributed by atoms with E-state index in [9.17, 15) is 4.79 Å². The molecule has 0 aliphatic heterocycles. The number of amides is 1. The fourth-order valence-corrected chi connectivity index (χ4v) is 3.03. The minimum absolute atomic E-state index is 0.212. The summed E-state index contributed by atoms with van der Waals surface area (Å²) >= 11 is 1.49. The number of thiazole rings is 1. The van der Waals surface area contributed by atoms with Crippen LogP contribution in [0.3, 0.4) is 0 Å². The summed E-state index contributed by atoms with van der Waals surface area (Å²) in [5, 5.41) is 4.76. The van der Waals surface area contributed by atoms with Crippen LogP contribution in [-0.4, -0.2) is 29.5 Å². The number of hydrogen-bond acceptors (Lipinski definition) is 5. The molecule has 0 atom stereocenters. The van der Waals surface area contributed by atoms with Gasteiger partial charge in [-0.15, -0.1) is 11.3 Å². The molecule has 0 aliphatic rings. The number of methoxy groups -OCH3 is 2. The molecule has 0 fully saturated rings. The Hall–Kier alpha value is -2.54. The Labute approximate surface area is 131 Å². The van der Waals surface area contributed by atoms with E-state index in [0.717, 1.165) is 4.96 Å². The van der Waals surface area contributed by atoms with Crippen molar-refractivity contribution in [1.82, 2.24) is 9.38 Å². The van der Waals surface area contributed by atoms with Gasteiger partial charge in [-0.1, -0.05) is 0 Å². The zero-order valence-electron chi connectivity index (χ0n) is 12.4. The molecular formula is C15H15N3O3S. The quantitative estimate of drug-likeness (QED) is 0.803. The third-order valence-corrected chi connectivity index (χ3v) is 4.05. The Morgan fingerprint density at radius 2 is 2.05 bits per heavy atom. The third kappa shape index (κ3) is 2.39. The summed E-state index contributed by atoms with van der Waals surface area (Å²) in [4.78, 5) is 17.7. The highest BCUT2D eigenvalue weighted by molar-refractivity contribution is 7.15. The molecule has 3 aromatic rings. The van der Waals surface area contributed by atoms with E-state index in [-0.39, 0.29) is 5.91 Å². The highest BCUT2D eigenvalue weighted by atomic mass is 32.1. The second kappa shape index (κ2) is 5.69. The first-order chi connectivity index (χ1) is 10.6. The van der Waals surface area contributed by atoms with Gasteiger partial charge >= 0.3 is 0 Å². The average molecular weight is 317 g/mol. The molecule has 1 N–H and O–H groups in total. The number of aryl methyl sites for hydroxylation is 1. The first-order valence-corrected chi connectivity index (χ1v) is 7.47. The second-order valence-electron chi connectivity index (χ2n) is 4.63. The number of hydrogen-bond donors (Lipinski definition) is 1. The molecule has 2 aromatic heterocycles. The first kappa shape index (κ1) is 14.4. The van der Waals surface area contributed by atoms with Crippen molar-refractivity contribution in [2.75, 3.05) is 19.5 Å². The van der Waals surface area contributed by atoms with Crippen molar-refractivity contribution in [2.24, 2.45) is 0 Å². The lowest BCUT2D eigenvalue weighted by atomic mass is 10.2. The number of imidazole rings is 1. The third-order valence-electron chi connectivity index (χ3n) is 3.29. The van der Waals surface area contributed by atoms with Crippen LogP contribution < -0.4 is 14.8 Å². The molecule has 0 radical (unpaired) electrons. The topological polar surface area (TPSA) is 64.9 Å². The van der Waals surface area contributed by atoms with Crippen LogP contribution >= 0.6 is 11.3 Å². The highest BCUT2D eigenvalue weighted by Crippen LogP contribution is 2.30. The van der Waals surface area contributed by atoms with Gasteiger partial charge in [-0.25, -0.2) is 4.98 Å². The highest BCUT2D eigenvalue weighted by Gasteiger charge is 2.18. The van der Waals surface area contributed by atoms with E-state index in [1.807, 2.05) is 18.5 Å². The summed E-state index contributed by atoms with van der Waals surface area (Å²) in [6.07, 6.45) is 1.84. The van der Waals surface area contributed by atoms with Crippen LogP contribution in [-0.2, 0) is 0 Å². The number of nitrogens with one attached hydrogen (secondary N) is 1. The van der Waals surface area contributed by atoms with Crippen LogP contribution in [0.2, 0.25) is 0 Å². The number of ether oxygens (including phenoxy) is 2. The molecule has 0 unspecified atom stereocenters. The predicted octanol–water partition coefficient (Wildman–Crippen LogP) is 2.97. The van der Waals surface area contributed by atoms with E-state index in [0.29, 0.717) is 28.6 Å². The Morgan fingerprint density at radius 1 is 1.27 bits per heavy atom. The number of carbonyl (C=O) groups excluding carboxylic acids is 1. The normalized spacial score (nSPS) is 10.7. The molecular weight excluding hydrogens is 302 g/mol. The maximum absolute atomic E-state index is 12.5. The van der Waals surface area contributed by atoms with Crippen molar-refractivity contribution in [3.8, 4) is 11.5 Å². The fraction of sp³-hybridized carbons (Fsp3) is 0.200. The Balaban J connectivity index is 1.91. The molecule has 2 heterocycles. The van der Waals surface area contributed by atoms with Crippen LogP contribution in [0, 0.1) is 6.92 Å². The van der Waals surface area contributed by atoms with Gasteiger partial charge in [0.1, 0.15) is 5.69 Å². The SMILES string of the molecule is COc1ccc(NC(=O)c2c(C)nc3sccn23)cc1OC. The molecule has 114 valence electrons.